The Labute approximate surface area is 608 Å². The van der Waals surface area contributed by atoms with Gasteiger partial charge in [-0.05, 0) is 167 Å². The molecule has 5 N–H and O–H groups in total. The quantitative estimate of drug-likeness (QED) is 0.0182. The molecule has 0 aromatic carbocycles. The molecular formula is C66H120IN7O21P+. The Balaban J connectivity index is -0.00000124. The van der Waals surface area contributed by atoms with Crippen LogP contribution in [0.5, 0.6) is 0 Å². The van der Waals surface area contributed by atoms with Crippen LogP contribution >= 0.6 is 30.5 Å². The second-order valence-electron chi connectivity index (χ2n) is 27.7. The Kier molecular flexibility index (Phi) is 29.5. The zero-order chi connectivity index (χ0) is 89.1. The first kappa shape index (κ1) is 67.7. The van der Waals surface area contributed by atoms with Crippen molar-refractivity contribution in [3.8, 4) is 12.3 Å². The highest BCUT2D eigenvalue weighted by molar-refractivity contribution is 14.1. The highest BCUT2D eigenvalue weighted by atomic mass is 127. The number of carbonyl (C=O) groups is 9. The number of halogens is 1. The first-order chi connectivity index (χ1) is 50.1. The minimum absolute atomic E-state index is 0.00884. The lowest BCUT2D eigenvalue weighted by atomic mass is 9.90. The number of Topliss-reactive ketones (excluding diaryl/α,β-unsaturated/α-hetero) is 1. The fraction of sp³-hybridized carbons (Fsp3) is 0.818. The molecule has 0 radical (unpaired) electrons. The minimum atomic E-state index is -3.94. The molecule has 6 aliphatic heterocycles. The fourth-order valence-electron chi connectivity index (χ4n) is 8.16. The van der Waals surface area contributed by atoms with Gasteiger partial charge in [-0.25, -0.2) is 24.0 Å². The van der Waals surface area contributed by atoms with E-state index in [-0.39, 0.29) is 71.5 Å². The predicted octanol–water partition coefficient (Wildman–Crippen LogP) is 11.2. The van der Waals surface area contributed by atoms with Gasteiger partial charge in [-0.1, -0.05) is 56.0 Å². The van der Waals surface area contributed by atoms with Gasteiger partial charge in [-0.3, -0.25) is 14.4 Å². The highest BCUT2D eigenvalue weighted by Gasteiger charge is 2.55. The van der Waals surface area contributed by atoms with Gasteiger partial charge >= 0.3 is 55.8 Å². The average molecular weight is 1520 g/mol. The second kappa shape index (κ2) is 41.8. The van der Waals surface area contributed by atoms with E-state index in [1.807, 2.05) is 0 Å². The number of terminal acetylenes is 1. The summed E-state index contributed by atoms with van der Waals surface area (Å²) in [6, 6.07) is 0. The molecule has 5 amide bonds. The van der Waals surface area contributed by atoms with E-state index in [0.717, 1.165) is 32.1 Å². The van der Waals surface area contributed by atoms with E-state index in [0.29, 0.717) is 39.2 Å². The van der Waals surface area contributed by atoms with Crippen molar-refractivity contribution in [3.63, 3.8) is 0 Å². The maximum atomic E-state index is 11.8. The van der Waals surface area contributed by atoms with Gasteiger partial charge in [-0.2, -0.15) is 14.3 Å². The first-order valence-electron chi connectivity index (χ1n) is 38.9. The monoisotopic (exact) mass is 1520 g/mol. The van der Waals surface area contributed by atoms with Crippen LogP contribution in [0.2, 0.25) is 0 Å². The Bertz CT molecular complexity index is 3150. The molecule has 556 valence electrons. The van der Waals surface area contributed by atoms with Crippen LogP contribution in [0.4, 0.5) is 24.0 Å². The molecule has 0 aromatic heterocycles. The van der Waals surface area contributed by atoms with Crippen molar-refractivity contribution < 1.29 is 128 Å². The Morgan fingerprint density at radius 3 is 1.32 bits per heavy atom. The Morgan fingerprint density at radius 1 is 0.656 bits per heavy atom. The van der Waals surface area contributed by atoms with Crippen LogP contribution in [-0.4, -0.2) is 240 Å². The standard InChI is InChI=1S/C12H19NO2.C11H19NO4.C11H21NO3.C11H19NO3.C10H17NO4.C4H8N2O4P.C4H8O.C2H6.CH3I/c1-6-12(5)7-8-13(9-12)10(14)15-11(2,3)4;1-10(2,3)16-9(15)12-6-5-11(4,7-12)8(13)14;2*1-10(2,3)15-9(14)12-6-5-11(4,7-12)8-13;1-10(2,3)15-9(14)11-5-4-7(6-11)8(12)13;1-3(7)4(6-5)11(8,9)10-2;1-2-4-5-3-1;2*1-2/h1H,7-9H2,2-5H3;5-7H2,1-4H3,(H,13,14);13H,5-8H2,1-4H3;8H,5-7H2,1-4H3;7H,4-6H2,1-3H3,(H,12,13);8-9H,1-2H3;1-4H2;1-2H3;1H3/q;;;;;+1;;;/i5D3;3*4D3;;;;1D;1D3. The summed E-state index contributed by atoms with van der Waals surface area (Å²) < 4.78 is 149. The number of nitrogens with zero attached hydrogens (tertiary/aromatic N) is 7. The number of carboxylic acid groups (broad SMARTS) is 2. The van der Waals surface area contributed by atoms with Crippen LogP contribution in [-0.2, 0) is 52.1 Å². The maximum Gasteiger partial charge on any atom is 0.549 e. The van der Waals surface area contributed by atoms with E-state index in [2.05, 4.69) is 15.2 Å². The molecular weight excluding hydrogens is 1380 g/mol. The number of amides is 5. The smallest absolute Gasteiger partial charge is 0.481 e. The van der Waals surface area contributed by atoms with Gasteiger partial charge in [0.25, 0.3) is 5.78 Å². The summed E-state index contributed by atoms with van der Waals surface area (Å²) in [7, 11) is -2.94. The molecule has 6 heterocycles. The normalized spacial score (nSPS) is 25.8. The predicted molar refractivity (Wildman–Crippen MR) is 374 cm³/mol. The van der Waals surface area contributed by atoms with Gasteiger partial charge in [0.2, 0.25) is 0 Å². The van der Waals surface area contributed by atoms with Gasteiger partial charge in [0.05, 0.1) is 25.0 Å². The number of carbonyl (C=O) groups excluding carboxylic acids is 7. The van der Waals surface area contributed by atoms with E-state index in [1.54, 1.807) is 111 Å². The number of aliphatic carboxylic acids is 2. The number of carboxylic acids is 2. The summed E-state index contributed by atoms with van der Waals surface area (Å²) in [4.78, 5) is 127. The van der Waals surface area contributed by atoms with Crippen molar-refractivity contribution in [2.24, 2.45) is 27.6 Å². The number of aliphatic hydroxyl groups is 1. The number of aliphatic hydroxyl groups excluding tert-OH is 1. The Morgan fingerprint density at radius 2 is 1.06 bits per heavy atom. The molecule has 0 aliphatic carbocycles. The van der Waals surface area contributed by atoms with Gasteiger partial charge < -0.3 is 78.6 Å². The molecule has 6 saturated heterocycles. The number of likely N-dealkylation sites (tertiary alicyclic amines) is 5. The lowest BCUT2D eigenvalue weighted by Crippen LogP contribution is -2.38. The van der Waals surface area contributed by atoms with Crippen molar-refractivity contribution in [1.82, 2.24) is 24.5 Å². The van der Waals surface area contributed by atoms with Gasteiger partial charge in [0, 0.05) is 124 Å². The van der Waals surface area contributed by atoms with E-state index >= 15 is 0 Å². The van der Waals surface area contributed by atoms with Crippen LogP contribution in [0.3, 0.4) is 0 Å². The van der Waals surface area contributed by atoms with Gasteiger partial charge in [0.1, 0.15) is 34.3 Å². The van der Waals surface area contributed by atoms with E-state index in [1.165, 1.54) is 55.0 Å². The summed E-state index contributed by atoms with van der Waals surface area (Å²) in [5.74, 6) is -1.09. The van der Waals surface area contributed by atoms with E-state index < -0.39 is 156 Å². The SMILES string of the molecule is C1CCOC1.CC(C)(C)OC(=O)N1CCC(C(=O)O)C1.CO[P+](O)(O)C(=[N+]=[N-])C(C)=O.[2H]C([2H])([2H])C1(C#C)CCN(C(=O)OC(C)(C)C)C1.[2H]C([2H])([2H])C1(C(=O)O)CCN(C(=O)OC(C)(C)C)C1.[2H]C([2H])([2H])C1(C=O)CCN(C(=O)OC(C)(C)C)C1.[2H]C([2H])([2H])C1(CO)CCN(C(=O)OC(C)(C)C)C1.[2H]C([2H])([2H])I.[2H]CC. The summed E-state index contributed by atoms with van der Waals surface area (Å²) in [6.07, 6.45) is 6.74. The molecule has 96 heavy (non-hydrogen) atoms. The van der Waals surface area contributed by atoms with Crippen molar-refractivity contribution in [3.05, 3.63) is 5.53 Å². The fourth-order valence-corrected chi connectivity index (χ4v) is 8.86. The molecule has 0 aromatic rings. The molecule has 0 spiro atoms. The summed E-state index contributed by atoms with van der Waals surface area (Å²) in [5, 5.41) is 27.3. The van der Waals surface area contributed by atoms with Crippen LogP contribution in [0.15, 0.2) is 0 Å². The molecule has 6 rings (SSSR count). The lowest BCUT2D eigenvalue weighted by Gasteiger charge is -2.26. The molecule has 0 saturated carbocycles. The van der Waals surface area contributed by atoms with Crippen LogP contribution in [0.25, 0.3) is 5.53 Å². The molecule has 28 nitrogen and oxygen atoms in total. The highest BCUT2D eigenvalue weighted by Crippen LogP contribution is 2.51. The third kappa shape index (κ3) is 39.2. The molecule has 5 atom stereocenters. The topological polar surface area (TPSA) is 372 Å². The Hall–Kier alpha value is -5.47. The molecule has 6 aliphatic rings. The van der Waals surface area contributed by atoms with Crippen LogP contribution in [0.1, 0.15) is 219 Å². The largest absolute Gasteiger partial charge is 0.549 e. The van der Waals surface area contributed by atoms with Crippen molar-refractivity contribution >= 4 is 90.5 Å². The summed E-state index contributed by atoms with van der Waals surface area (Å²) in [5.41, 5.74) is -1.49. The number of aldehydes is 1. The third-order valence-electron chi connectivity index (χ3n) is 13.0. The lowest BCUT2D eigenvalue weighted by molar-refractivity contribution is -0.147. The van der Waals surface area contributed by atoms with Crippen molar-refractivity contribution in [2.75, 3.05) is 97.2 Å². The minimum Gasteiger partial charge on any atom is -0.481 e. The third-order valence-corrected chi connectivity index (χ3v) is 14.4. The van der Waals surface area contributed by atoms with Crippen LogP contribution < -0.4 is 0 Å². The number of hydrogen-bond acceptors (Lipinski definition) is 19. The second-order valence-corrected chi connectivity index (χ2v) is 29.6. The van der Waals surface area contributed by atoms with Crippen molar-refractivity contribution in [1.29, 1.82) is 0 Å². The summed E-state index contributed by atoms with van der Waals surface area (Å²) in [6.45, 7) is 22.7. The van der Waals surface area contributed by atoms with Gasteiger partial charge in [0.15, 0.2) is 0 Å². The number of hydrogen-bond donors (Lipinski definition) is 5. The molecule has 30 heteroatoms. The van der Waals surface area contributed by atoms with E-state index in [9.17, 15) is 53.4 Å². The molecule has 6 fully saturated rings. The first-order valence-corrected chi connectivity index (χ1v) is 33.4. The van der Waals surface area contributed by atoms with Gasteiger partial charge in [-0.15, -0.1) is 11.2 Å². The number of ketones is 1. The molecule has 0 bridgehead atoms. The number of ether oxygens (including phenoxy) is 6. The van der Waals surface area contributed by atoms with Crippen molar-refractivity contribution in [2.45, 2.75) is 225 Å². The maximum absolute atomic E-state index is 11.8. The number of rotatable bonds is 7. The zero-order valence-electron chi connectivity index (χ0n) is 75.3. The number of alkyl halides is 1. The van der Waals surface area contributed by atoms with Crippen LogP contribution in [0, 0.1) is 39.9 Å². The average Bonchev–Trinajstić information content (AvgIpc) is 1.59. The zero-order valence-corrected chi connectivity index (χ0v) is 62.4. The molecule has 5 unspecified atom stereocenters. The summed E-state index contributed by atoms with van der Waals surface area (Å²) >= 11 is 1.38. The van der Waals surface area contributed by atoms with E-state index in [4.69, 9.17) is 77.2 Å².